The maximum absolute atomic E-state index is 12.8. The molecule has 2 aromatic rings. The van der Waals surface area contributed by atoms with Crippen LogP contribution in [0.5, 0.6) is 0 Å². The lowest BCUT2D eigenvalue weighted by atomic mass is 10.1. The predicted octanol–water partition coefficient (Wildman–Crippen LogP) is 2.95. The molecular weight excluding hydrogens is 265 g/mol. The van der Waals surface area contributed by atoms with Crippen molar-refractivity contribution in [2.75, 3.05) is 6.54 Å². The highest BCUT2D eigenvalue weighted by molar-refractivity contribution is 7.98. The van der Waals surface area contributed by atoms with Gasteiger partial charge in [0.15, 0.2) is 5.82 Å². The zero-order chi connectivity index (χ0) is 13.7. The van der Waals surface area contributed by atoms with Crippen LogP contribution in [0, 0.1) is 5.82 Å². The fourth-order valence-corrected chi connectivity index (χ4v) is 2.35. The zero-order valence-electron chi connectivity index (χ0n) is 10.7. The first-order valence-electron chi connectivity index (χ1n) is 6.13. The number of nitrogens with two attached hydrogens (primary N) is 1. The van der Waals surface area contributed by atoms with Crippen LogP contribution in [0.1, 0.15) is 31.0 Å². The number of hydrogen-bond acceptors (Lipinski definition) is 5. The molecule has 1 unspecified atom stereocenters. The highest BCUT2D eigenvalue weighted by atomic mass is 32.2. The summed E-state index contributed by atoms with van der Waals surface area (Å²) in [7, 11) is 0. The van der Waals surface area contributed by atoms with E-state index in [1.54, 1.807) is 12.1 Å². The molecule has 0 bridgehead atoms. The Hall–Kier alpha value is -1.40. The molecule has 0 aliphatic heterocycles. The van der Waals surface area contributed by atoms with Crippen LogP contribution in [-0.2, 0) is 5.75 Å². The van der Waals surface area contributed by atoms with E-state index in [4.69, 9.17) is 10.3 Å². The number of hydrogen-bond donors (Lipinski definition) is 1. The molecule has 19 heavy (non-hydrogen) atoms. The first kappa shape index (κ1) is 14.0. The molecule has 6 heteroatoms. The van der Waals surface area contributed by atoms with Gasteiger partial charge in [0.2, 0.25) is 5.89 Å². The SMILES string of the molecule is CCC(CN)c1nc(CSc2ccc(F)cc2)no1. The first-order valence-corrected chi connectivity index (χ1v) is 7.12. The van der Waals surface area contributed by atoms with Crippen molar-refractivity contribution in [2.45, 2.75) is 29.9 Å². The quantitative estimate of drug-likeness (QED) is 0.825. The molecule has 0 saturated carbocycles. The van der Waals surface area contributed by atoms with E-state index in [0.717, 1.165) is 11.3 Å². The van der Waals surface area contributed by atoms with Crippen LogP contribution in [-0.4, -0.2) is 16.7 Å². The maximum Gasteiger partial charge on any atom is 0.231 e. The summed E-state index contributed by atoms with van der Waals surface area (Å²) in [4.78, 5) is 5.30. The van der Waals surface area contributed by atoms with Crippen molar-refractivity contribution in [3.8, 4) is 0 Å². The standard InChI is InChI=1S/C13H16FN3OS/c1-2-9(7-15)13-16-12(17-18-13)8-19-11-5-3-10(14)4-6-11/h3-6,9H,2,7-8,15H2,1H3. The van der Waals surface area contributed by atoms with E-state index in [0.29, 0.717) is 24.0 Å². The van der Waals surface area contributed by atoms with Gasteiger partial charge in [-0.25, -0.2) is 4.39 Å². The number of rotatable bonds is 6. The van der Waals surface area contributed by atoms with Crippen molar-refractivity contribution in [2.24, 2.45) is 5.73 Å². The second-order valence-corrected chi connectivity index (χ2v) is 5.18. The molecule has 0 fully saturated rings. The van der Waals surface area contributed by atoms with Gasteiger partial charge in [-0.3, -0.25) is 0 Å². The van der Waals surface area contributed by atoms with Crippen LogP contribution in [0.25, 0.3) is 0 Å². The number of nitrogens with zero attached hydrogens (tertiary/aromatic N) is 2. The molecule has 0 saturated heterocycles. The predicted molar refractivity (Wildman–Crippen MR) is 72.3 cm³/mol. The molecule has 0 amide bonds. The topological polar surface area (TPSA) is 64.9 Å². The van der Waals surface area contributed by atoms with Gasteiger partial charge in [-0.1, -0.05) is 12.1 Å². The maximum atomic E-state index is 12.8. The monoisotopic (exact) mass is 281 g/mol. The van der Waals surface area contributed by atoms with Crippen molar-refractivity contribution in [3.63, 3.8) is 0 Å². The lowest BCUT2D eigenvalue weighted by Gasteiger charge is -2.04. The average Bonchev–Trinajstić information content (AvgIpc) is 2.88. The molecule has 4 nitrogen and oxygen atoms in total. The van der Waals surface area contributed by atoms with Crippen molar-refractivity contribution >= 4 is 11.8 Å². The first-order chi connectivity index (χ1) is 9.22. The van der Waals surface area contributed by atoms with Crippen molar-refractivity contribution in [1.29, 1.82) is 0 Å². The van der Waals surface area contributed by atoms with Gasteiger partial charge in [-0.05, 0) is 30.7 Å². The number of aromatic nitrogens is 2. The average molecular weight is 281 g/mol. The van der Waals surface area contributed by atoms with Crippen LogP contribution in [0.2, 0.25) is 0 Å². The van der Waals surface area contributed by atoms with Gasteiger partial charge in [0, 0.05) is 11.4 Å². The van der Waals surface area contributed by atoms with E-state index in [1.807, 2.05) is 6.92 Å². The Morgan fingerprint density at radius 3 is 2.74 bits per heavy atom. The number of thioether (sulfide) groups is 1. The Morgan fingerprint density at radius 1 is 1.37 bits per heavy atom. The Balaban J connectivity index is 1.95. The van der Waals surface area contributed by atoms with Crippen LogP contribution in [0.15, 0.2) is 33.7 Å². The van der Waals surface area contributed by atoms with Crippen LogP contribution >= 0.6 is 11.8 Å². The summed E-state index contributed by atoms with van der Waals surface area (Å²) in [6.07, 6.45) is 0.878. The Kier molecular flexibility index (Phi) is 4.93. The molecule has 1 aromatic carbocycles. The molecule has 102 valence electrons. The molecule has 0 radical (unpaired) electrons. The molecule has 1 aromatic heterocycles. The fraction of sp³-hybridized carbons (Fsp3) is 0.385. The van der Waals surface area contributed by atoms with Gasteiger partial charge in [-0.15, -0.1) is 11.8 Å². The third-order valence-corrected chi connectivity index (χ3v) is 3.80. The molecular formula is C13H16FN3OS. The summed E-state index contributed by atoms with van der Waals surface area (Å²) in [6.45, 7) is 2.54. The van der Waals surface area contributed by atoms with Gasteiger partial charge >= 0.3 is 0 Å². The van der Waals surface area contributed by atoms with E-state index in [-0.39, 0.29) is 11.7 Å². The van der Waals surface area contributed by atoms with Crippen LogP contribution in [0.3, 0.4) is 0 Å². The van der Waals surface area contributed by atoms with Crippen molar-refractivity contribution in [3.05, 3.63) is 41.8 Å². The third-order valence-electron chi connectivity index (χ3n) is 2.79. The van der Waals surface area contributed by atoms with E-state index < -0.39 is 0 Å². The molecule has 0 aliphatic rings. The lowest BCUT2D eigenvalue weighted by molar-refractivity contribution is 0.348. The smallest absolute Gasteiger partial charge is 0.231 e. The summed E-state index contributed by atoms with van der Waals surface area (Å²) in [5.41, 5.74) is 5.64. The minimum atomic E-state index is -0.236. The highest BCUT2D eigenvalue weighted by Crippen LogP contribution is 2.23. The second kappa shape index (κ2) is 6.68. The third kappa shape index (κ3) is 3.78. The van der Waals surface area contributed by atoms with Gasteiger partial charge in [-0.2, -0.15) is 4.98 Å². The molecule has 1 atom stereocenters. The molecule has 2 N–H and O–H groups in total. The van der Waals surface area contributed by atoms with E-state index in [2.05, 4.69) is 10.1 Å². The fourth-order valence-electron chi connectivity index (χ4n) is 1.61. The minimum Gasteiger partial charge on any atom is -0.339 e. The largest absolute Gasteiger partial charge is 0.339 e. The van der Waals surface area contributed by atoms with Gasteiger partial charge < -0.3 is 10.3 Å². The summed E-state index contributed by atoms with van der Waals surface area (Å²) >= 11 is 1.54. The van der Waals surface area contributed by atoms with E-state index in [9.17, 15) is 4.39 Å². The van der Waals surface area contributed by atoms with E-state index >= 15 is 0 Å². The molecule has 1 heterocycles. The summed E-state index contributed by atoms with van der Waals surface area (Å²) < 4.78 is 18.0. The Labute approximate surface area is 115 Å². The number of benzene rings is 1. The lowest BCUT2D eigenvalue weighted by Crippen LogP contribution is -2.11. The highest BCUT2D eigenvalue weighted by Gasteiger charge is 2.15. The Morgan fingerprint density at radius 2 is 2.11 bits per heavy atom. The van der Waals surface area contributed by atoms with Crippen LogP contribution in [0.4, 0.5) is 4.39 Å². The second-order valence-electron chi connectivity index (χ2n) is 4.13. The van der Waals surface area contributed by atoms with E-state index in [1.165, 1.54) is 23.9 Å². The van der Waals surface area contributed by atoms with Gasteiger partial charge in [0.25, 0.3) is 0 Å². The summed E-state index contributed by atoms with van der Waals surface area (Å²) in [5, 5.41) is 3.93. The number of halogens is 1. The van der Waals surface area contributed by atoms with Crippen LogP contribution < -0.4 is 5.73 Å². The van der Waals surface area contributed by atoms with Gasteiger partial charge in [0.1, 0.15) is 5.82 Å². The van der Waals surface area contributed by atoms with Crippen molar-refractivity contribution in [1.82, 2.24) is 10.1 Å². The van der Waals surface area contributed by atoms with Gasteiger partial charge in [0.05, 0.1) is 11.7 Å². The Bertz CT molecular complexity index is 511. The normalized spacial score (nSPS) is 12.6. The summed E-state index contributed by atoms with van der Waals surface area (Å²) in [5.74, 6) is 1.71. The molecule has 0 spiro atoms. The minimum absolute atomic E-state index is 0.122. The summed E-state index contributed by atoms with van der Waals surface area (Å²) in [6, 6.07) is 6.34. The molecule has 0 aliphatic carbocycles. The van der Waals surface area contributed by atoms with Crippen molar-refractivity contribution < 1.29 is 8.91 Å². The zero-order valence-corrected chi connectivity index (χ0v) is 11.5. The molecule has 2 rings (SSSR count).